The van der Waals surface area contributed by atoms with Crippen LogP contribution in [0.3, 0.4) is 0 Å². The van der Waals surface area contributed by atoms with E-state index in [1.165, 1.54) is 11.6 Å². The number of aromatic amines is 1. The minimum absolute atomic E-state index is 0.0899. The van der Waals surface area contributed by atoms with E-state index in [1.807, 2.05) is 60.4 Å². The molecule has 0 aliphatic heterocycles. The van der Waals surface area contributed by atoms with Gasteiger partial charge in [-0.1, -0.05) is 60.7 Å². The van der Waals surface area contributed by atoms with Crippen molar-refractivity contribution in [3.05, 3.63) is 112 Å². The number of aromatic nitrogens is 4. The van der Waals surface area contributed by atoms with Gasteiger partial charge in [-0.25, -0.2) is 9.78 Å². The molecule has 0 radical (unpaired) electrons. The second-order valence-electron chi connectivity index (χ2n) is 7.28. The summed E-state index contributed by atoms with van der Waals surface area (Å²) in [6.45, 7) is 2.91. The molecular weight excluding hydrogens is 390 g/mol. The number of nitrogens with one attached hydrogen (secondary N) is 1. The van der Waals surface area contributed by atoms with Crippen molar-refractivity contribution in [1.82, 2.24) is 24.9 Å². The van der Waals surface area contributed by atoms with E-state index in [4.69, 9.17) is 0 Å². The molecule has 0 aliphatic rings. The standard InChI is InChI=1S/C24H23N5O2/c1-18-21(16-25-29(18)22-12-13-23(30)27-26-22)24(31)28(17-20-10-6-3-7-11-20)15-14-19-8-4-2-5-9-19/h2-13,16H,14-15,17H2,1H3,(H,27,30). The van der Waals surface area contributed by atoms with E-state index in [0.717, 1.165) is 12.0 Å². The van der Waals surface area contributed by atoms with E-state index in [2.05, 4.69) is 27.4 Å². The summed E-state index contributed by atoms with van der Waals surface area (Å²) in [6.07, 6.45) is 2.32. The van der Waals surface area contributed by atoms with E-state index in [9.17, 15) is 9.59 Å². The third-order valence-corrected chi connectivity index (χ3v) is 5.14. The first-order chi connectivity index (χ1) is 15.1. The van der Waals surface area contributed by atoms with Crippen molar-refractivity contribution in [2.75, 3.05) is 6.54 Å². The van der Waals surface area contributed by atoms with Gasteiger partial charge < -0.3 is 4.90 Å². The number of carbonyl (C=O) groups is 1. The first kappa shape index (κ1) is 20.3. The molecule has 0 bridgehead atoms. The number of benzene rings is 2. The SMILES string of the molecule is Cc1c(C(=O)N(CCc2ccccc2)Cc2ccccc2)cnn1-c1ccc(=O)[nH]n1. The van der Waals surface area contributed by atoms with Crippen LogP contribution in [0, 0.1) is 6.92 Å². The molecule has 0 aliphatic carbocycles. The molecule has 0 fully saturated rings. The molecule has 156 valence electrons. The van der Waals surface area contributed by atoms with Gasteiger partial charge >= 0.3 is 0 Å². The van der Waals surface area contributed by atoms with Crippen LogP contribution in [0.2, 0.25) is 0 Å². The predicted octanol–water partition coefficient (Wildman–Crippen LogP) is 3.15. The van der Waals surface area contributed by atoms with Gasteiger partial charge in [-0.15, -0.1) is 0 Å². The number of amides is 1. The lowest BCUT2D eigenvalue weighted by molar-refractivity contribution is 0.0744. The number of rotatable bonds is 7. The molecule has 2 aromatic heterocycles. The largest absolute Gasteiger partial charge is 0.334 e. The number of hydrogen-bond acceptors (Lipinski definition) is 4. The Bertz CT molecular complexity index is 1200. The highest BCUT2D eigenvalue weighted by Gasteiger charge is 2.22. The first-order valence-corrected chi connectivity index (χ1v) is 10.1. The van der Waals surface area contributed by atoms with Crippen molar-refractivity contribution < 1.29 is 4.79 Å². The molecule has 7 heteroatoms. The van der Waals surface area contributed by atoms with Crippen molar-refractivity contribution in [3.63, 3.8) is 0 Å². The molecule has 7 nitrogen and oxygen atoms in total. The van der Waals surface area contributed by atoms with Gasteiger partial charge in [-0.2, -0.15) is 10.2 Å². The molecule has 2 heterocycles. The summed E-state index contributed by atoms with van der Waals surface area (Å²) < 4.78 is 1.56. The third-order valence-electron chi connectivity index (χ3n) is 5.14. The maximum atomic E-state index is 13.5. The topological polar surface area (TPSA) is 83.9 Å². The van der Waals surface area contributed by atoms with E-state index in [0.29, 0.717) is 30.2 Å². The number of carbonyl (C=O) groups excluding carboxylic acids is 1. The maximum Gasteiger partial charge on any atom is 0.264 e. The zero-order valence-corrected chi connectivity index (χ0v) is 17.2. The van der Waals surface area contributed by atoms with Crippen molar-refractivity contribution in [2.45, 2.75) is 19.9 Å². The average molecular weight is 413 g/mol. The molecule has 1 amide bonds. The van der Waals surface area contributed by atoms with Gasteiger partial charge in [0.05, 0.1) is 17.5 Å². The van der Waals surface area contributed by atoms with Crippen LogP contribution in [0.1, 0.15) is 27.2 Å². The van der Waals surface area contributed by atoms with E-state index < -0.39 is 0 Å². The van der Waals surface area contributed by atoms with Gasteiger partial charge in [0, 0.05) is 19.2 Å². The molecule has 0 saturated carbocycles. The first-order valence-electron chi connectivity index (χ1n) is 10.1. The van der Waals surface area contributed by atoms with E-state index in [-0.39, 0.29) is 11.5 Å². The molecule has 31 heavy (non-hydrogen) atoms. The molecule has 4 aromatic rings. The van der Waals surface area contributed by atoms with Crippen molar-refractivity contribution >= 4 is 5.91 Å². The molecular formula is C24H23N5O2. The second-order valence-corrected chi connectivity index (χ2v) is 7.28. The molecule has 0 spiro atoms. The van der Waals surface area contributed by atoms with Crippen LogP contribution in [0.5, 0.6) is 0 Å². The number of nitrogens with zero attached hydrogens (tertiary/aromatic N) is 4. The normalized spacial score (nSPS) is 10.7. The van der Waals surface area contributed by atoms with Crippen LogP contribution < -0.4 is 5.56 Å². The van der Waals surface area contributed by atoms with E-state index in [1.54, 1.807) is 16.9 Å². The lowest BCUT2D eigenvalue weighted by Gasteiger charge is -2.23. The lowest BCUT2D eigenvalue weighted by Crippen LogP contribution is -2.32. The smallest absolute Gasteiger partial charge is 0.264 e. The quantitative estimate of drug-likeness (QED) is 0.504. The minimum Gasteiger partial charge on any atom is -0.334 e. The average Bonchev–Trinajstić information content (AvgIpc) is 3.19. The van der Waals surface area contributed by atoms with Crippen LogP contribution in [-0.4, -0.2) is 37.3 Å². The molecule has 4 rings (SSSR count). The fraction of sp³-hybridized carbons (Fsp3) is 0.167. The van der Waals surface area contributed by atoms with Crippen LogP contribution in [0.15, 0.2) is 83.8 Å². The summed E-state index contributed by atoms with van der Waals surface area (Å²) in [6, 6.07) is 23.0. The molecule has 0 atom stereocenters. The monoisotopic (exact) mass is 413 g/mol. The van der Waals surface area contributed by atoms with Crippen molar-refractivity contribution in [3.8, 4) is 5.82 Å². The van der Waals surface area contributed by atoms with Gasteiger partial charge in [-0.3, -0.25) is 9.59 Å². The number of hydrogen-bond donors (Lipinski definition) is 1. The minimum atomic E-state index is -0.292. The highest BCUT2D eigenvalue weighted by molar-refractivity contribution is 5.95. The Hall–Kier alpha value is -4.00. The summed E-state index contributed by atoms with van der Waals surface area (Å²) in [5.74, 6) is 0.364. The summed E-state index contributed by atoms with van der Waals surface area (Å²) in [7, 11) is 0. The lowest BCUT2D eigenvalue weighted by atomic mass is 10.1. The third kappa shape index (κ3) is 4.78. The summed E-state index contributed by atoms with van der Waals surface area (Å²) in [5, 5.41) is 10.7. The predicted molar refractivity (Wildman–Crippen MR) is 118 cm³/mol. The van der Waals surface area contributed by atoms with Crippen molar-refractivity contribution in [1.29, 1.82) is 0 Å². The van der Waals surface area contributed by atoms with Crippen LogP contribution >= 0.6 is 0 Å². The molecule has 1 N–H and O–H groups in total. The summed E-state index contributed by atoms with van der Waals surface area (Å²) in [5.41, 5.74) is 3.13. The Morgan fingerprint density at radius 1 is 0.968 bits per heavy atom. The maximum absolute atomic E-state index is 13.5. The van der Waals surface area contributed by atoms with Crippen LogP contribution in [0.4, 0.5) is 0 Å². The van der Waals surface area contributed by atoms with Gasteiger partial charge in [0.1, 0.15) is 0 Å². The highest BCUT2D eigenvalue weighted by Crippen LogP contribution is 2.16. The van der Waals surface area contributed by atoms with Crippen LogP contribution in [-0.2, 0) is 13.0 Å². The molecule has 2 aromatic carbocycles. The van der Waals surface area contributed by atoms with Crippen molar-refractivity contribution in [2.24, 2.45) is 0 Å². The Kier molecular flexibility index (Phi) is 6.03. The Balaban J connectivity index is 1.60. The zero-order valence-electron chi connectivity index (χ0n) is 17.2. The molecule has 0 unspecified atom stereocenters. The van der Waals surface area contributed by atoms with Gasteiger partial charge in [0.15, 0.2) is 5.82 Å². The molecule has 0 saturated heterocycles. The Labute approximate surface area is 180 Å². The highest BCUT2D eigenvalue weighted by atomic mass is 16.2. The van der Waals surface area contributed by atoms with Gasteiger partial charge in [-0.05, 0) is 30.5 Å². The van der Waals surface area contributed by atoms with E-state index >= 15 is 0 Å². The zero-order chi connectivity index (χ0) is 21.6. The summed E-state index contributed by atoms with van der Waals surface area (Å²) >= 11 is 0. The fourth-order valence-electron chi connectivity index (χ4n) is 3.44. The second kappa shape index (κ2) is 9.21. The Morgan fingerprint density at radius 2 is 1.65 bits per heavy atom. The fourth-order valence-corrected chi connectivity index (χ4v) is 3.44. The number of H-pyrrole nitrogens is 1. The summed E-state index contributed by atoms with van der Waals surface area (Å²) in [4.78, 5) is 26.6. The van der Waals surface area contributed by atoms with Gasteiger partial charge in [0.2, 0.25) is 0 Å². The van der Waals surface area contributed by atoms with Gasteiger partial charge in [0.25, 0.3) is 11.5 Å². The van der Waals surface area contributed by atoms with Crippen LogP contribution in [0.25, 0.3) is 5.82 Å². The Morgan fingerprint density at radius 3 is 2.29 bits per heavy atom.